The van der Waals surface area contributed by atoms with Gasteiger partial charge in [0.05, 0.1) is 28.9 Å². The van der Waals surface area contributed by atoms with Crippen LogP contribution in [0, 0.1) is 0 Å². The summed E-state index contributed by atoms with van der Waals surface area (Å²) in [6.45, 7) is 2.17. The lowest BCUT2D eigenvalue weighted by atomic mass is 10.1. The molecule has 1 aromatic heterocycles. The average Bonchev–Trinajstić information content (AvgIpc) is 2.69. The number of nitrogens with two attached hydrogens (primary N) is 2. The topological polar surface area (TPSA) is 121 Å². The summed E-state index contributed by atoms with van der Waals surface area (Å²) >= 11 is 6.32. The number of carbonyl (C=O) groups excluding carboxylic acids is 2. The lowest BCUT2D eigenvalue weighted by Crippen LogP contribution is -2.35. The SMILES string of the molecule is CCN(C(N)=O)c1ccc(Oc2ccnc3cc(OC)c(C(N)=O)cc23)cc1Cl. The van der Waals surface area contributed by atoms with Crippen LogP contribution in [0.3, 0.4) is 0 Å². The molecule has 8 nitrogen and oxygen atoms in total. The van der Waals surface area contributed by atoms with Crippen LogP contribution in [0.2, 0.25) is 5.02 Å². The number of aromatic nitrogens is 1. The predicted molar refractivity (Wildman–Crippen MR) is 111 cm³/mol. The normalized spacial score (nSPS) is 10.6. The van der Waals surface area contributed by atoms with Crippen LogP contribution in [0.25, 0.3) is 10.9 Å². The average molecular weight is 415 g/mol. The molecule has 0 saturated heterocycles. The van der Waals surface area contributed by atoms with E-state index in [2.05, 4.69) is 4.98 Å². The third-order valence-electron chi connectivity index (χ3n) is 4.31. The van der Waals surface area contributed by atoms with Gasteiger partial charge in [0, 0.05) is 30.3 Å². The number of benzene rings is 2. The molecule has 4 N–H and O–H groups in total. The van der Waals surface area contributed by atoms with Crippen LogP contribution in [0.1, 0.15) is 17.3 Å². The first kappa shape index (κ1) is 20.2. The predicted octanol–water partition coefficient (Wildman–Crippen LogP) is 3.69. The van der Waals surface area contributed by atoms with E-state index in [-0.39, 0.29) is 5.56 Å². The summed E-state index contributed by atoms with van der Waals surface area (Å²) in [5.41, 5.74) is 12.1. The fourth-order valence-electron chi connectivity index (χ4n) is 2.94. The standard InChI is InChI=1S/C20H19ClN4O4/c1-3-25(20(23)27)16-5-4-11(8-14(16)21)29-17-6-7-24-15-10-18(28-2)13(19(22)26)9-12(15)17/h4-10H,3H2,1-2H3,(H2,22,26)(H2,23,27). The number of anilines is 1. The lowest BCUT2D eigenvalue weighted by Gasteiger charge is -2.20. The van der Waals surface area contributed by atoms with E-state index in [1.807, 2.05) is 0 Å². The van der Waals surface area contributed by atoms with Crippen molar-refractivity contribution in [2.24, 2.45) is 11.5 Å². The molecule has 0 fully saturated rings. The van der Waals surface area contributed by atoms with Gasteiger partial charge < -0.3 is 20.9 Å². The van der Waals surface area contributed by atoms with Gasteiger partial charge in [-0.2, -0.15) is 0 Å². The van der Waals surface area contributed by atoms with Crippen LogP contribution >= 0.6 is 11.6 Å². The van der Waals surface area contributed by atoms with E-state index in [0.717, 1.165) is 0 Å². The molecule has 0 aliphatic heterocycles. The van der Waals surface area contributed by atoms with E-state index in [1.165, 1.54) is 12.0 Å². The van der Waals surface area contributed by atoms with Crippen LogP contribution in [-0.2, 0) is 0 Å². The molecule has 2 aromatic carbocycles. The second kappa shape index (κ2) is 8.24. The van der Waals surface area contributed by atoms with E-state index in [4.69, 9.17) is 32.5 Å². The number of amides is 3. The molecule has 0 aliphatic carbocycles. The second-order valence-corrected chi connectivity index (χ2v) is 6.45. The summed E-state index contributed by atoms with van der Waals surface area (Å²) in [5.74, 6) is 0.583. The van der Waals surface area contributed by atoms with Gasteiger partial charge in [-0.25, -0.2) is 4.79 Å². The number of pyridine rings is 1. The van der Waals surface area contributed by atoms with Crippen LogP contribution in [0.4, 0.5) is 10.5 Å². The monoisotopic (exact) mass is 414 g/mol. The molecule has 29 heavy (non-hydrogen) atoms. The molecule has 0 unspecified atom stereocenters. The van der Waals surface area contributed by atoms with Gasteiger partial charge in [0.25, 0.3) is 5.91 Å². The molecule has 3 rings (SSSR count). The zero-order valence-corrected chi connectivity index (χ0v) is 16.6. The molecule has 150 valence electrons. The molecule has 1 heterocycles. The maximum atomic E-state index is 11.7. The number of halogens is 1. The first-order chi connectivity index (χ1) is 13.8. The summed E-state index contributed by atoms with van der Waals surface area (Å²) < 4.78 is 11.2. The molecule has 0 spiro atoms. The summed E-state index contributed by atoms with van der Waals surface area (Å²) in [7, 11) is 1.45. The highest BCUT2D eigenvalue weighted by atomic mass is 35.5. The van der Waals surface area contributed by atoms with Gasteiger partial charge >= 0.3 is 6.03 Å². The summed E-state index contributed by atoms with van der Waals surface area (Å²) in [6.07, 6.45) is 1.57. The number of methoxy groups -OCH3 is 1. The van der Waals surface area contributed by atoms with E-state index in [1.54, 1.807) is 49.5 Å². The summed E-state index contributed by atoms with van der Waals surface area (Å²) in [5, 5.41) is 0.885. The molecular formula is C20H19ClN4O4. The van der Waals surface area contributed by atoms with E-state index < -0.39 is 11.9 Å². The summed E-state index contributed by atoms with van der Waals surface area (Å²) in [6, 6.07) is 9.13. The number of urea groups is 1. The van der Waals surface area contributed by atoms with Crippen molar-refractivity contribution in [2.75, 3.05) is 18.6 Å². The quantitative estimate of drug-likeness (QED) is 0.637. The maximum Gasteiger partial charge on any atom is 0.319 e. The van der Waals surface area contributed by atoms with Gasteiger partial charge in [0.2, 0.25) is 0 Å². The highest BCUT2D eigenvalue weighted by Crippen LogP contribution is 2.36. The Morgan fingerprint density at radius 1 is 1.14 bits per heavy atom. The van der Waals surface area contributed by atoms with Gasteiger partial charge in [0.1, 0.15) is 17.2 Å². The zero-order valence-electron chi connectivity index (χ0n) is 15.8. The zero-order chi connectivity index (χ0) is 21.1. The van der Waals surface area contributed by atoms with Crippen molar-refractivity contribution in [1.82, 2.24) is 4.98 Å². The van der Waals surface area contributed by atoms with E-state index >= 15 is 0 Å². The number of hydrogen-bond donors (Lipinski definition) is 2. The Morgan fingerprint density at radius 3 is 2.48 bits per heavy atom. The Kier molecular flexibility index (Phi) is 5.74. The Bertz CT molecular complexity index is 1100. The maximum absolute atomic E-state index is 11.7. The van der Waals surface area contributed by atoms with Gasteiger partial charge in [-0.1, -0.05) is 11.6 Å². The Hall–Kier alpha value is -3.52. The van der Waals surface area contributed by atoms with Crippen molar-refractivity contribution in [3.8, 4) is 17.2 Å². The fraction of sp³-hybridized carbons (Fsp3) is 0.150. The molecule has 0 saturated carbocycles. The fourth-order valence-corrected chi connectivity index (χ4v) is 3.21. The van der Waals surface area contributed by atoms with Crippen molar-refractivity contribution in [3.63, 3.8) is 0 Å². The van der Waals surface area contributed by atoms with Crippen molar-refractivity contribution < 1.29 is 19.1 Å². The second-order valence-electron chi connectivity index (χ2n) is 6.04. The third kappa shape index (κ3) is 4.02. The molecule has 9 heteroatoms. The number of primary amides is 2. The van der Waals surface area contributed by atoms with Gasteiger partial charge in [-0.3, -0.25) is 14.7 Å². The van der Waals surface area contributed by atoms with Crippen molar-refractivity contribution in [2.45, 2.75) is 6.92 Å². The van der Waals surface area contributed by atoms with Crippen LogP contribution in [0.5, 0.6) is 17.2 Å². The molecule has 0 aliphatic rings. The lowest BCUT2D eigenvalue weighted by molar-refractivity contribution is 0.0997. The first-order valence-corrected chi connectivity index (χ1v) is 9.04. The van der Waals surface area contributed by atoms with Crippen molar-refractivity contribution in [1.29, 1.82) is 0 Å². The molecule has 0 bridgehead atoms. The van der Waals surface area contributed by atoms with Gasteiger partial charge in [-0.15, -0.1) is 0 Å². The summed E-state index contributed by atoms with van der Waals surface area (Å²) in [4.78, 5) is 28.9. The highest BCUT2D eigenvalue weighted by Gasteiger charge is 2.16. The van der Waals surface area contributed by atoms with Crippen LogP contribution < -0.4 is 25.8 Å². The van der Waals surface area contributed by atoms with Gasteiger partial charge in [-0.05, 0) is 31.2 Å². The van der Waals surface area contributed by atoms with Crippen LogP contribution in [0.15, 0.2) is 42.6 Å². The van der Waals surface area contributed by atoms with Crippen molar-refractivity contribution >= 4 is 40.1 Å². The van der Waals surface area contributed by atoms with Gasteiger partial charge in [0.15, 0.2) is 0 Å². The number of fused-ring (bicyclic) bond motifs is 1. The first-order valence-electron chi connectivity index (χ1n) is 8.66. The number of rotatable bonds is 6. The minimum absolute atomic E-state index is 0.214. The number of nitrogens with zero attached hydrogens (tertiary/aromatic N) is 2. The smallest absolute Gasteiger partial charge is 0.319 e. The number of ether oxygens (including phenoxy) is 2. The minimum atomic E-state index is -0.628. The highest BCUT2D eigenvalue weighted by molar-refractivity contribution is 6.34. The number of carbonyl (C=O) groups is 2. The molecular weight excluding hydrogens is 396 g/mol. The third-order valence-corrected chi connectivity index (χ3v) is 4.61. The van der Waals surface area contributed by atoms with E-state index in [9.17, 15) is 9.59 Å². The Labute approximate surface area is 172 Å². The minimum Gasteiger partial charge on any atom is -0.496 e. The van der Waals surface area contributed by atoms with Crippen LogP contribution in [-0.4, -0.2) is 30.6 Å². The van der Waals surface area contributed by atoms with E-state index in [0.29, 0.717) is 45.4 Å². The Morgan fingerprint density at radius 2 is 1.90 bits per heavy atom. The largest absolute Gasteiger partial charge is 0.496 e. The number of hydrogen-bond acceptors (Lipinski definition) is 5. The Balaban J connectivity index is 2.02. The van der Waals surface area contributed by atoms with Crippen molar-refractivity contribution in [3.05, 3.63) is 53.2 Å². The molecule has 0 radical (unpaired) electrons. The molecule has 0 atom stereocenters. The molecule has 3 amide bonds. The molecule has 3 aromatic rings.